The van der Waals surface area contributed by atoms with Gasteiger partial charge in [0.25, 0.3) is 0 Å². The van der Waals surface area contributed by atoms with Gasteiger partial charge < -0.3 is 15.2 Å². The van der Waals surface area contributed by atoms with Crippen molar-refractivity contribution in [3.8, 4) is 5.75 Å². The number of pyridine rings is 2. The Kier molecular flexibility index (Phi) is 5.07. The summed E-state index contributed by atoms with van der Waals surface area (Å²) in [6.07, 6.45) is 5.09. The molecule has 2 aromatic carbocycles. The van der Waals surface area contributed by atoms with Crippen molar-refractivity contribution >= 4 is 22.6 Å². The van der Waals surface area contributed by atoms with Gasteiger partial charge in [0.15, 0.2) is 0 Å². The number of fused-ring (bicyclic) bond motifs is 1. The van der Waals surface area contributed by atoms with E-state index in [0.29, 0.717) is 22.3 Å². The van der Waals surface area contributed by atoms with E-state index in [2.05, 4.69) is 15.3 Å². The number of carbonyl (C=O) groups is 1. The molecule has 6 nitrogen and oxygen atoms in total. The first kappa shape index (κ1) is 18.4. The Morgan fingerprint density at radius 2 is 1.93 bits per heavy atom. The first-order valence-electron chi connectivity index (χ1n) is 9.09. The molecule has 1 atom stereocenters. The maximum atomic E-state index is 11.9. The minimum atomic E-state index is -0.413. The highest BCUT2D eigenvalue weighted by Crippen LogP contribution is 2.36. The Morgan fingerprint density at radius 3 is 2.72 bits per heavy atom. The summed E-state index contributed by atoms with van der Waals surface area (Å²) in [5.41, 5.74) is 3.20. The van der Waals surface area contributed by atoms with Gasteiger partial charge in [0.05, 0.1) is 18.7 Å². The highest BCUT2D eigenvalue weighted by Gasteiger charge is 2.20. The average molecular weight is 385 g/mol. The maximum absolute atomic E-state index is 11.9. The molecular formula is C23H19N3O3. The molecule has 0 amide bonds. The normalized spacial score (nSPS) is 11.8. The molecular weight excluding hydrogens is 366 g/mol. The summed E-state index contributed by atoms with van der Waals surface area (Å²) < 4.78 is 4.81. The van der Waals surface area contributed by atoms with E-state index in [1.165, 1.54) is 7.11 Å². The van der Waals surface area contributed by atoms with E-state index in [9.17, 15) is 9.90 Å². The summed E-state index contributed by atoms with van der Waals surface area (Å²) in [7, 11) is 1.35. The topological polar surface area (TPSA) is 84.3 Å². The predicted molar refractivity (Wildman–Crippen MR) is 111 cm³/mol. The molecule has 0 aliphatic heterocycles. The number of aromatic nitrogens is 2. The smallest absolute Gasteiger partial charge is 0.337 e. The minimum Gasteiger partial charge on any atom is -0.505 e. The summed E-state index contributed by atoms with van der Waals surface area (Å²) in [4.78, 5) is 20.4. The van der Waals surface area contributed by atoms with Gasteiger partial charge in [-0.1, -0.05) is 30.3 Å². The van der Waals surface area contributed by atoms with E-state index >= 15 is 0 Å². The van der Waals surface area contributed by atoms with Crippen LogP contribution >= 0.6 is 0 Å². The van der Waals surface area contributed by atoms with Crippen LogP contribution in [0.25, 0.3) is 10.9 Å². The molecule has 2 heterocycles. The zero-order valence-electron chi connectivity index (χ0n) is 15.7. The highest BCUT2D eigenvalue weighted by atomic mass is 16.5. The number of aromatic hydroxyl groups is 1. The Labute approximate surface area is 167 Å². The number of phenols is 1. The third-order valence-corrected chi connectivity index (χ3v) is 4.70. The molecule has 0 radical (unpaired) electrons. The van der Waals surface area contributed by atoms with E-state index < -0.39 is 12.0 Å². The molecule has 0 fully saturated rings. The Morgan fingerprint density at radius 1 is 1.07 bits per heavy atom. The van der Waals surface area contributed by atoms with Crippen LogP contribution < -0.4 is 5.32 Å². The SMILES string of the molecule is COC(=O)c1cccc(N[C@@H](c2cccnc2)c2ccc3cccnc3c2O)c1. The van der Waals surface area contributed by atoms with Gasteiger partial charge in [0, 0.05) is 35.2 Å². The summed E-state index contributed by atoms with van der Waals surface area (Å²) in [5.74, 6) is -0.307. The fourth-order valence-electron chi connectivity index (χ4n) is 3.29. The molecule has 0 saturated heterocycles. The van der Waals surface area contributed by atoms with Crippen LogP contribution in [-0.2, 0) is 4.74 Å². The van der Waals surface area contributed by atoms with Crippen LogP contribution in [0.4, 0.5) is 5.69 Å². The lowest BCUT2D eigenvalue weighted by molar-refractivity contribution is 0.0601. The lowest BCUT2D eigenvalue weighted by atomic mass is 9.97. The van der Waals surface area contributed by atoms with Crippen molar-refractivity contribution < 1.29 is 14.6 Å². The maximum Gasteiger partial charge on any atom is 0.337 e. The van der Waals surface area contributed by atoms with Crippen LogP contribution in [0.3, 0.4) is 0 Å². The van der Waals surface area contributed by atoms with Crippen molar-refractivity contribution in [2.75, 3.05) is 12.4 Å². The first-order chi connectivity index (χ1) is 14.2. The second-order valence-electron chi connectivity index (χ2n) is 6.51. The average Bonchev–Trinajstić information content (AvgIpc) is 2.78. The largest absolute Gasteiger partial charge is 0.505 e. The van der Waals surface area contributed by atoms with Crippen LogP contribution in [-0.4, -0.2) is 28.2 Å². The molecule has 0 spiro atoms. The number of phenolic OH excluding ortho intramolecular Hbond substituents is 1. The van der Waals surface area contributed by atoms with Gasteiger partial charge >= 0.3 is 5.97 Å². The number of carbonyl (C=O) groups excluding carboxylic acids is 1. The molecule has 6 heteroatoms. The lowest BCUT2D eigenvalue weighted by Crippen LogP contribution is -2.13. The summed E-state index contributed by atoms with van der Waals surface area (Å²) >= 11 is 0. The Balaban J connectivity index is 1.80. The fraction of sp³-hybridized carbons (Fsp3) is 0.0870. The van der Waals surface area contributed by atoms with Gasteiger partial charge in [-0.15, -0.1) is 0 Å². The zero-order chi connectivity index (χ0) is 20.2. The van der Waals surface area contributed by atoms with E-state index in [-0.39, 0.29) is 5.75 Å². The molecule has 29 heavy (non-hydrogen) atoms. The molecule has 144 valence electrons. The van der Waals surface area contributed by atoms with Crippen molar-refractivity contribution in [1.82, 2.24) is 9.97 Å². The van der Waals surface area contributed by atoms with Gasteiger partial charge in [-0.2, -0.15) is 0 Å². The van der Waals surface area contributed by atoms with Gasteiger partial charge in [-0.25, -0.2) is 4.79 Å². The molecule has 2 aromatic heterocycles. The van der Waals surface area contributed by atoms with Crippen molar-refractivity contribution in [3.05, 3.63) is 95.9 Å². The fourth-order valence-corrected chi connectivity index (χ4v) is 3.29. The van der Waals surface area contributed by atoms with Gasteiger partial charge in [0.1, 0.15) is 11.3 Å². The van der Waals surface area contributed by atoms with Crippen LogP contribution in [0.2, 0.25) is 0 Å². The number of hydrogen-bond donors (Lipinski definition) is 2. The van der Waals surface area contributed by atoms with Crippen molar-refractivity contribution in [1.29, 1.82) is 0 Å². The van der Waals surface area contributed by atoms with Gasteiger partial charge in [0.2, 0.25) is 0 Å². The molecule has 2 N–H and O–H groups in total. The molecule has 0 aliphatic rings. The molecule has 0 unspecified atom stereocenters. The summed E-state index contributed by atoms with van der Waals surface area (Å²) in [6.45, 7) is 0. The second kappa shape index (κ2) is 7.98. The van der Waals surface area contributed by atoms with E-state index in [1.54, 1.807) is 36.8 Å². The third-order valence-electron chi connectivity index (χ3n) is 4.70. The number of esters is 1. The number of benzene rings is 2. The molecule has 4 aromatic rings. The van der Waals surface area contributed by atoms with E-state index in [1.807, 2.05) is 42.5 Å². The Bertz CT molecular complexity index is 1160. The number of nitrogens with zero attached hydrogens (tertiary/aromatic N) is 2. The minimum absolute atomic E-state index is 0.105. The third kappa shape index (κ3) is 3.73. The second-order valence-corrected chi connectivity index (χ2v) is 6.51. The van der Waals surface area contributed by atoms with Gasteiger partial charge in [-0.3, -0.25) is 9.97 Å². The molecule has 0 aliphatic carbocycles. The highest BCUT2D eigenvalue weighted by molar-refractivity contribution is 5.90. The van der Waals surface area contributed by atoms with Gasteiger partial charge in [-0.05, 0) is 35.9 Å². The van der Waals surface area contributed by atoms with Crippen molar-refractivity contribution in [3.63, 3.8) is 0 Å². The number of nitrogens with one attached hydrogen (secondary N) is 1. The molecule has 0 bridgehead atoms. The Hall–Kier alpha value is -3.93. The lowest BCUT2D eigenvalue weighted by Gasteiger charge is -2.22. The number of rotatable bonds is 5. The van der Waals surface area contributed by atoms with Crippen LogP contribution in [0.1, 0.15) is 27.5 Å². The number of ether oxygens (including phenoxy) is 1. The summed E-state index contributed by atoms with van der Waals surface area (Å²) in [5, 5.41) is 15.2. The van der Waals surface area contributed by atoms with Crippen LogP contribution in [0.15, 0.2) is 79.3 Å². The number of methoxy groups -OCH3 is 1. The van der Waals surface area contributed by atoms with E-state index in [0.717, 1.165) is 10.9 Å². The zero-order valence-corrected chi connectivity index (χ0v) is 15.7. The molecule has 0 saturated carbocycles. The monoisotopic (exact) mass is 385 g/mol. The quantitative estimate of drug-likeness (QED) is 0.498. The standard InChI is InChI=1S/C23H19N3O3/c1-29-23(28)16-5-2-8-18(13-16)26-20(17-7-3-11-24-14-17)19-10-9-15-6-4-12-25-21(15)22(19)27/h2-14,20,26-27H,1H3/t20-/m0/s1. The number of hydrogen-bond acceptors (Lipinski definition) is 6. The predicted octanol–water partition coefficient (Wildman–Crippen LogP) is 4.32. The first-order valence-corrected chi connectivity index (χ1v) is 9.09. The molecule has 4 rings (SSSR count). The van der Waals surface area contributed by atoms with Crippen molar-refractivity contribution in [2.45, 2.75) is 6.04 Å². The summed E-state index contributed by atoms with van der Waals surface area (Å²) in [6, 6.07) is 17.9. The van der Waals surface area contributed by atoms with Crippen LogP contribution in [0, 0.1) is 0 Å². The van der Waals surface area contributed by atoms with Crippen molar-refractivity contribution in [2.24, 2.45) is 0 Å². The number of anilines is 1. The van der Waals surface area contributed by atoms with Crippen LogP contribution in [0.5, 0.6) is 5.75 Å². The van der Waals surface area contributed by atoms with E-state index in [4.69, 9.17) is 4.74 Å².